The highest BCUT2D eigenvalue weighted by molar-refractivity contribution is 5.71. The minimum Gasteiger partial charge on any atom is -0.477 e. The SMILES string of the molecule is CC/C=C\C/C=C\C/C=C\C/C=C\CCCCCCCCCCCCCCCCCCCCCCCCCCCCCCC(=O)OC(COC(=O)CCCCCCCCCCCCCCCCCCCCCC)COC(OCC[N+](C)(C)C)C(=O)O. The van der Waals surface area contributed by atoms with Crippen LogP contribution in [0.4, 0.5) is 0 Å². The summed E-state index contributed by atoms with van der Waals surface area (Å²) in [5.41, 5.74) is 0. The van der Waals surface area contributed by atoms with Crippen LogP contribution in [0.1, 0.15) is 367 Å². The maximum absolute atomic E-state index is 13.0. The number of rotatable bonds is 70. The minimum atomic E-state index is -1.51. The van der Waals surface area contributed by atoms with Gasteiger partial charge in [0.25, 0.3) is 6.29 Å². The fourth-order valence-electron chi connectivity index (χ4n) is 11.2. The van der Waals surface area contributed by atoms with E-state index >= 15 is 0 Å². The largest absolute Gasteiger partial charge is 0.477 e. The summed E-state index contributed by atoms with van der Waals surface area (Å²) in [4.78, 5) is 37.6. The number of ether oxygens (including phenoxy) is 4. The van der Waals surface area contributed by atoms with E-state index in [9.17, 15) is 19.5 Å². The van der Waals surface area contributed by atoms with Crippen LogP contribution in [0.25, 0.3) is 0 Å². The highest BCUT2D eigenvalue weighted by Gasteiger charge is 2.25. The third-order valence-corrected chi connectivity index (χ3v) is 16.8. The van der Waals surface area contributed by atoms with Crippen molar-refractivity contribution in [3.63, 3.8) is 0 Å². The molecular weight excluding hydrogens is 1070 g/mol. The number of hydrogen-bond acceptors (Lipinski definition) is 7. The molecule has 0 aromatic rings. The molecule has 0 aliphatic rings. The Hall–Kier alpha value is -2.75. The lowest BCUT2D eigenvalue weighted by atomic mass is 10.0. The third kappa shape index (κ3) is 68.7. The summed E-state index contributed by atoms with van der Waals surface area (Å²) >= 11 is 0. The van der Waals surface area contributed by atoms with Crippen molar-refractivity contribution >= 4 is 17.9 Å². The highest BCUT2D eigenvalue weighted by atomic mass is 16.7. The number of likely N-dealkylation sites (N-methyl/N-ethyl adjacent to an activating group) is 1. The van der Waals surface area contributed by atoms with E-state index in [2.05, 4.69) is 62.5 Å². The van der Waals surface area contributed by atoms with E-state index < -0.39 is 18.4 Å². The average molecular weight is 1210 g/mol. The number of allylic oxidation sites excluding steroid dienone is 8. The Bertz CT molecular complexity index is 1550. The number of carbonyl (C=O) groups is 3. The van der Waals surface area contributed by atoms with E-state index in [4.69, 9.17) is 18.9 Å². The molecule has 0 saturated carbocycles. The van der Waals surface area contributed by atoms with Gasteiger partial charge < -0.3 is 28.5 Å². The van der Waals surface area contributed by atoms with E-state index in [-0.39, 0.29) is 38.2 Å². The van der Waals surface area contributed by atoms with Gasteiger partial charge in [0.15, 0.2) is 6.10 Å². The van der Waals surface area contributed by atoms with Gasteiger partial charge >= 0.3 is 17.9 Å². The molecule has 86 heavy (non-hydrogen) atoms. The fourth-order valence-corrected chi connectivity index (χ4v) is 11.2. The van der Waals surface area contributed by atoms with E-state index in [1.165, 1.54) is 276 Å². The number of carboxylic acids is 1. The maximum Gasteiger partial charge on any atom is 0.361 e. The second-order valence-electron chi connectivity index (χ2n) is 26.6. The van der Waals surface area contributed by atoms with Crippen LogP contribution in [0.5, 0.6) is 0 Å². The van der Waals surface area contributed by atoms with Crippen molar-refractivity contribution in [3.05, 3.63) is 48.6 Å². The highest BCUT2D eigenvalue weighted by Crippen LogP contribution is 2.19. The van der Waals surface area contributed by atoms with Crippen LogP contribution in [0.3, 0.4) is 0 Å². The molecule has 0 fully saturated rings. The predicted octanol–water partition coefficient (Wildman–Crippen LogP) is 23.3. The molecule has 0 spiro atoms. The lowest BCUT2D eigenvalue weighted by Gasteiger charge is -2.25. The van der Waals surface area contributed by atoms with Crippen molar-refractivity contribution in [1.29, 1.82) is 0 Å². The zero-order valence-electron chi connectivity index (χ0n) is 57.7. The van der Waals surface area contributed by atoms with Crippen molar-refractivity contribution in [2.24, 2.45) is 0 Å². The molecule has 0 aliphatic heterocycles. The van der Waals surface area contributed by atoms with E-state index in [0.717, 1.165) is 64.2 Å². The normalized spacial score (nSPS) is 12.9. The number of esters is 2. The molecule has 0 aromatic heterocycles. The molecule has 2 atom stereocenters. The van der Waals surface area contributed by atoms with Gasteiger partial charge in [0, 0.05) is 12.8 Å². The average Bonchev–Trinajstić information content (AvgIpc) is 3.63. The van der Waals surface area contributed by atoms with Crippen LogP contribution in [-0.4, -0.2) is 87.4 Å². The first-order valence-corrected chi connectivity index (χ1v) is 37.3. The van der Waals surface area contributed by atoms with Gasteiger partial charge in [-0.15, -0.1) is 0 Å². The molecule has 1 N–H and O–H groups in total. The molecular formula is C77H144NO8+. The van der Waals surface area contributed by atoms with Crippen molar-refractivity contribution in [3.8, 4) is 0 Å². The van der Waals surface area contributed by atoms with Gasteiger partial charge in [0.1, 0.15) is 13.2 Å². The van der Waals surface area contributed by atoms with Crippen molar-refractivity contribution in [1.82, 2.24) is 0 Å². The van der Waals surface area contributed by atoms with Gasteiger partial charge in [-0.1, -0.05) is 351 Å². The quantitative estimate of drug-likeness (QED) is 0.0211. The van der Waals surface area contributed by atoms with E-state index in [1.54, 1.807) is 0 Å². The number of unbranched alkanes of at least 4 members (excludes halogenated alkanes) is 47. The lowest BCUT2D eigenvalue weighted by Crippen LogP contribution is -2.40. The second-order valence-corrected chi connectivity index (χ2v) is 26.6. The summed E-state index contributed by atoms with van der Waals surface area (Å²) in [6.45, 7) is 4.84. The Morgan fingerprint density at radius 1 is 0.360 bits per heavy atom. The standard InChI is InChI=1S/C77H143NO8/c1-6-8-10-12-14-16-18-20-22-24-26-28-29-30-31-32-33-34-35-36-37-38-39-40-41-42-43-44-45-46-47-48-50-52-54-56-58-60-62-64-66-68-75(80)86-73(72-85-77(76(81)82)83-70-69-78(3,4)5)71-84-74(79)67-65-63-61-59-57-55-53-51-49-27-25-23-21-19-17-15-13-11-9-7-2/h8,10,14,16,20,22,26,28,73,77H,6-7,9,11-13,15,17-19,21,23-25,27,29-72H2,1-5H3/p+1/b10-8-,16-14-,22-20-,28-26-. The second kappa shape index (κ2) is 68.2. The molecule has 0 aliphatic carbocycles. The minimum absolute atomic E-state index is 0.174. The molecule has 9 nitrogen and oxygen atoms in total. The number of carboxylic acid groups (broad SMARTS) is 1. The fraction of sp³-hybridized carbons (Fsp3) is 0.857. The molecule has 0 rings (SSSR count). The maximum atomic E-state index is 13.0. The lowest BCUT2D eigenvalue weighted by molar-refractivity contribution is -0.870. The first-order chi connectivity index (χ1) is 42.1. The zero-order valence-corrected chi connectivity index (χ0v) is 57.7. The molecule has 0 radical (unpaired) electrons. The Labute approximate surface area is 533 Å². The molecule has 9 heteroatoms. The van der Waals surface area contributed by atoms with Crippen LogP contribution < -0.4 is 0 Å². The summed E-state index contributed by atoms with van der Waals surface area (Å²) in [6.07, 6.45) is 85.4. The van der Waals surface area contributed by atoms with Crippen molar-refractivity contribution in [2.45, 2.75) is 379 Å². The molecule has 0 amide bonds. The number of nitrogens with zero attached hydrogens (tertiary/aromatic N) is 1. The topological polar surface area (TPSA) is 108 Å². The van der Waals surface area contributed by atoms with Gasteiger partial charge in [-0.05, 0) is 51.4 Å². The molecule has 2 unspecified atom stereocenters. The summed E-state index contributed by atoms with van der Waals surface area (Å²) in [5.74, 6) is -1.97. The van der Waals surface area contributed by atoms with Gasteiger partial charge in [-0.2, -0.15) is 0 Å². The summed E-state index contributed by atoms with van der Waals surface area (Å²) in [5, 5.41) is 9.75. The summed E-state index contributed by atoms with van der Waals surface area (Å²) in [6, 6.07) is 0. The first kappa shape index (κ1) is 83.2. The Balaban J connectivity index is 3.92. The molecule has 0 heterocycles. The van der Waals surface area contributed by atoms with Gasteiger partial charge in [-0.25, -0.2) is 4.79 Å². The Morgan fingerprint density at radius 3 is 0.988 bits per heavy atom. The number of hydrogen-bond donors (Lipinski definition) is 1. The number of aliphatic carboxylic acids is 1. The predicted molar refractivity (Wildman–Crippen MR) is 369 cm³/mol. The van der Waals surface area contributed by atoms with Gasteiger partial charge in [0.2, 0.25) is 0 Å². The first-order valence-electron chi connectivity index (χ1n) is 37.3. The molecule has 0 bridgehead atoms. The molecule has 0 aromatic carbocycles. The number of quaternary nitrogens is 1. The number of carbonyl (C=O) groups excluding carboxylic acids is 2. The van der Waals surface area contributed by atoms with E-state index in [0.29, 0.717) is 17.4 Å². The van der Waals surface area contributed by atoms with Gasteiger partial charge in [-0.3, -0.25) is 9.59 Å². The Kier molecular flexibility index (Phi) is 66.0. The van der Waals surface area contributed by atoms with Gasteiger partial charge in [0.05, 0.1) is 34.4 Å². The molecule has 0 saturated heterocycles. The van der Waals surface area contributed by atoms with E-state index in [1.807, 2.05) is 21.1 Å². The van der Waals surface area contributed by atoms with Crippen LogP contribution in [0.15, 0.2) is 48.6 Å². The van der Waals surface area contributed by atoms with Crippen molar-refractivity contribution in [2.75, 3.05) is 47.5 Å². The van der Waals surface area contributed by atoms with Crippen LogP contribution in [-0.2, 0) is 33.3 Å². The smallest absolute Gasteiger partial charge is 0.361 e. The molecule has 504 valence electrons. The van der Waals surface area contributed by atoms with Crippen LogP contribution >= 0.6 is 0 Å². The van der Waals surface area contributed by atoms with Crippen molar-refractivity contribution < 1.29 is 42.9 Å². The summed E-state index contributed by atoms with van der Waals surface area (Å²) < 4.78 is 23.0. The summed E-state index contributed by atoms with van der Waals surface area (Å²) in [7, 11) is 5.99. The zero-order chi connectivity index (χ0) is 62.6. The van der Waals surface area contributed by atoms with Crippen LogP contribution in [0.2, 0.25) is 0 Å². The van der Waals surface area contributed by atoms with Crippen LogP contribution in [0, 0.1) is 0 Å². The Morgan fingerprint density at radius 2 is 0.663 bits per heavy atom. The third-order valence-electron chi connectivity index (χ3n) is 16.8. The monoisotopic (exact) mass is 1210 g/mol.